The molecule has 0 saturated carbocycles. The number of carbonyl (C=O) groups is 1. The number of hydrogen-bond acceptors (Lipinski definition) is 3. The molecule has 0 spiro atoms. The molecule has 1 amide bonds. The lowest BCUT2D eigenvalue weighted by Crippen LogP contribution is -2.41. The maximum Gasteiger partial charge on any atom is 0.222 e. The number of hydrogen-bond donors (Lipinski definition) is 0. The lowest BCUT2D eigenvalue weighted by atomic mass is 9.92. The highest BCUT2D eigenvalue weighted by Gasteiger charge is 2.21. The molecule has 2 aliphatic heterocycles. The minimum atomic E-state index is -0.198. The van der Waals surface area contributed by atoms with E-state index in [1.54, 1.807) is 12.1 Å². The fourth-order valence-electron chi connectivity index (χ4n) is 3.67. The van der Waals surface area contributed by atoms with Crippen LogP contribution >= 0.6 is 0 Å². The Balaban J connectivity index is 1.32. The number of nitrogens with zero attached hydrogens (tertiary/aromatic N) is 2. The Hall–Kier alpha value is -1.72. The van der Waals surface area contributed by atoms with Crippen molar-refractivity contribution in [3.05, 3.63) is 41.7 Å². The summed E-state index contributed by atoms with van der Waals surface area (Å²) in [7, 11) is 0. The number of carbonyl (C=O) groups excluding carboxylic acids is 1. The van der Waals surface area contributed by atoms with Crippen molar-refractivity contribution in [1.82, 2.24) is 9.80 Å². The van der Waals surface area contributed by atoms with Crippen LogP contribution in [-0.2, 0) is 9.53 Å². The van der Waals surface area contributed by atoms with E-state index in [1.807, 2.05) is 11.0 Å². The average Bonchev–Trinajstić information content (AvgIpc) is 2.69. The van der Waals surface area contributed by atoms with Crippen LogP contribution in [0.5, 0.6) is 0 Å². The van der Waals surface area contributed by atoms with Gasteiger partial charge in [-0.2, -0.15) is 0 Å². The van der Waals surface area contributed by atoms with Gasteiger partial charge in [0.25, 0.3) is 0 Å². The van der Waals surface area contributed by atoms with Crippen LogP contribution in [0.25, 0.3) is 6.08 Å². The van der Waals surface area contributed by atoms with Gasteiger partial charge in [-0.15, -0.1) is 0 Å². The second kappa shape index (κ2) is 9.83. The fraction of sp³-hybridized carbons (Fsp3) is 0.571. The first-order valence-electron chi connectivity index (χ1n) is 9.71. The third kappa shape index (κ3) is 5.92. The van der Waals surface area contributed by atoms with Gasteiger partial charge in [-0.3, -0.25) is 9.69 Å². The van der Waals surface area contributed by atoms with Crippen LogP contribution in [0.3, 0.4) is 0 Å². The normalized spacial score (nSPS) is 20.0. The number of halogens is 1. The molecule has 0 bridgehead atoms. The van der Waals surface area contributed by atoms with E-state index in [2.05, 4.69) is 11.0 Å². The summed E-state index contributed by atoms with van der Waals surface area (Å²) in [6.45, 7) is 5.95. The highest BCUT2D eigenvalue weighted by molar-refractivity contribution is 5.76. The maximum absolute atomic E-state index is 12.9. The van der Waals surface area contributed by atoms with Gasteiger partial charge in [0.15, 0.2) is 0 Å². The largest absolute Gasteiger partial charge is 0.378 e. The lowest BCUT2D eigenvalue weighted by molar-refractivity contribution is -0.135. The van der Waals surface area contributed by atoms with Crippen molar-refractivity contribution >= 4 is 12.0 Å². The van der Waals surface area contributed by atoms with Crippen molar-refractivity contribution < 1.29 is 13.9 Å². The van der Waals surface area contributed by atoms with Gasteiger partial charge in [-0.1, -0.05) is 24.3 Å². The van der Waals surface area contributed by atoms with E-state index >= 15 is 0 Å². The number of likely N-dealkylation sites (tertiary alicyclic amines) is 1. The second-order valence-corrected chi connectivity index (χ2v) is 7.23. The van der Waals surface area contributed by atoms with Crippen LogP contribution in [0.2, 0.25) is 0 Å². The molecule has 0 radical (unpaired) electrons. The number of benzene rings is 1. The molecule has 2 aliphatic rings. The van der Waals surface area contributed by atoms with E-state index in [4.69, 9.17) is 4.74 Å². The first kappa shape index (κ1) is 19.1. The zero-order valence-electron chi connectivity index (χ0n) is 15.4. The van der Waals surface area contributed by atoms with Crippen molar-refractivity contribution in [1.29, 1.82) is 0 Å². The summed E-state index contributed by atoms with van der Waals surface area (Å²) in [5, 5.41) is 0. The van der Waals surface area contributed by atoms with Crippen LogP contribution in [-0.4, -0.2) is 61.6 Å². The van der Waals surface area contributed by atoms with Crippen molar-refractivity contribution in [2.24, 2.45) is 5.92 Å². The summed E-state index contributed by atoms with van der Waals surface area (Å²) < 4.78 is 18.2. The van der Waals surface area contributed by atoms with Crippen molar-refractivity contribution in [2.75, 3.05) is 45.9 Å². The first-order chi connectivity index (χ1) is 12.7. The van der Waals surface area contributed by atoms with Crippen molar-refractivity contribution in [3.63, 3.8) is 0 Å². The summed E-state index contributed by atoms with van der Waals surface area (Å²) in [6.07, 6.45) is 8.22. The van der Waals surface area contributed by atoms with E-state index in [-0.39, 0.29) is 11.7 Å². The van der Waals surface area contributed by atoms with Gasteiger partial charge in [0.1, 0.15) is 5.82 Å². The third-order valence-corrected chi connectivity index (χ3v) is 5.38. The molecule has 0 atom stereocenters. The molecule has 0 N–H and O–H groups in total. The summed E-state index contributed by atoms with van der Waals surface area (Å²) in [6, 6.07) is 6.57. The molecule has 0 aromatic heterocycles. The molecule has 1 aromatic carbocycles. The van der Waals surface area contributed by atoms with Crippen LogP contribution in [0.4, 0.5) is 4.39 Å². The summed E-state index contributed by atoms with van der Waals surface area (Å²) in [5.41, 5.74) is 1.03. The first-order valence-corrected chi connectivity index (χ1v) is 9.71. The van der Waals surface area contributed by atoms with Gasteiger partial charge in [0.2, 0.25) is 5.91 Å². The third-order valence-electron chi connectivity index (χ3n) is 5.38. The Kier molecular flexibility index (Phi) is 7.21. The van der Waals surface area contributed by atoms with Gasteiger partial charge in [0.05, 0.1) is 13.2 Å². The Morgan fingerprint density at radius 3 is 2.50 bits per heavy atom. The van der Waals surface area contributed by atoms with Crippen molar-refractivity contribution in [2.45, 2.75) is 25.7 Å². The van der Waals surface area contributed by atoms with Crippen LogP contribution in [0.15, 0.2) is 30.3 Å². The zero-order valence-corrected chi connectivity index (χ0v) is 15.4. The van der Waals surface area contributed by atoms with Crippen LogP contribution in [0.1, 0.15) is 31.2 Å². The SMILES string of the molecule is O=C(CCC1CCN(C/C=C/c2ccc(F)cc2)CC1)N1CCOCC1. The van der Waals surface area contributed by atoms with E-state index in [0.717, 1.165) is 44.7 Å². The molecular formula is C21H29FN2O2. The fourth-order valence-corrected chi connectivity index (χ4v) is 3.67. The predicted octanol–water partition coefficient (Wildman–Crippen LogP) is 3.19. The van der Waals surface area contributed by atoms with Crippen LogP contribution < -0.4 is 0 Å². The molecule has 2 heterocycles. The molecule has 4 nitrogen and oxygen atoms in total. The van der Waals surface area contributed by atoms with E-state index in [1.165, 1.54) is 25.0 Å². The van der Waals surface area contributed by atoms with E-state index < -0.39 is 0 Å². The highest BCUT2D eigenvalue weighted by Crippen LogP contribution is 2.22. The molecule has 0 unspecified atom stereocenters. The maximum atomic E-state index is 12.9. The smallest absolute Gasteiger partial charge is 0.222 e. The summed E-state index contributed by atoms with van der Waals surface area (Å²) in [5.74, 6) is 0.756. The van der Waals surface area contributed by atoms with Gasteiger partial charge in [-0.05, 0) is 56.0 Å². The Morgan fingerprint density at radius 1 is 1.12 bits per heavy atom. The Morgan fingerprint density at radius 2 is 1.81 bits per heavy atom. The minimum absolute atomic E-state index is 0.198. The van der Waals surface area contributed by atoms with Crippen LogP contribution in [0, 0.1) is 11.7 Å². The summed E-state index contributed by atoms with van der Waals surface area (Å²) in [4.78, 5) is 16.6. The highest BCUT2D eigenvalue weighted by atomic mass is 19.1. The van der Waals surface area contributed by atoms with Gasteiger partial charge >= 0.3 is 0 Å². The molecule has 3 rings (SSSR count). The minimum Gasteiger partial charge on any atom is -0.378 e. The number of rotatable bonds is 6. The number of piperidine rings is 1. The van der Waals surface area contributed by atoms with E-state index in [0.29, 0.717) is 25.6 Å². The molecule has 1 aromatic rings. The molecular weight excluding hydrogens is 331 g/mol. The molecule has 5 heteroatoms. The monoisotopic (exact) mass is 360 g/mol. The zero-order chi connectivity index (χ0) is 18.2. The summed E-state index contributed by atoms with van der Waals surface area (Å²) >= 11 is 0. The Bertz CT molecular complexity index is 589. The van der Waals surface area contributed by atoms with Gasteiger partial charge in [-0.25, -0.2) is 4.39 Å². The lowest BCUT2D eigenvalue weighted by Gasteiger charge is -2.32. The molecule has 26 heavy (non-hydrogen) atoms. The molecule has 0 aliphatic carbocycles. The Labute approximate surface area is 155 Å². The second-order valence-electron chi connectivity index (χ2n) is 7.23. The van der Waals surface area contributed by atoms with Gasteiger partial charge < -0.3 is 9.64 Å². The number of ether oxygens (including phenoxy) is 1. The standard InChI is InChI=1S/C21H29FN2O2/c22-20-6-3-18(4-7-20)2-1-11-23-12-9-19(10-13-23)5-8-21(25)24-14-16-26-17-15-24/h1-4,6-7,19H,5,8-17H2/b2-1+. The van der Waals surface area contributed by atoms with E-state index in [9.17, 15) is 9.18 Å². The topological polar surface area (TPSA) is 32.8 Å². The average molecular weight is 360 g/mol. The molecule has 2 saturated heterocycles. The predicted molar refractivity (Wildman–Crippen MR) is 101 cm³/mol. The molecule has 142 valence electrons. The van der Waals surface area contributed by atoms with Gasteiger partial charge in [0, 0.05) is 26.1 Å². The molecule has 2 fully saturated rings. The quantitative estimate of drug-likeness (QED) is 0.781. The number of amides is 1. The van der Waals surface area contributed by atoms with Crippen molar-refractivity contribution in [3.8, 4) is 0 Å². The number of morpholine rings is 1.